The number of carbonyl (C=O) groups is 1. The van der Waals surface area contributed by atoms with E-state index in [1.54, 1.807) is 19.5 Å². The van der Waals surface area contributed by atoms with Crippen molar-refractivity contribution in [1.29, 1.82) is 0 Å². The Hall–Kier alpha value is -2.94. The lowest BCUT2D eigenvalue weighted by Crippen LogP contribution is -2.07. The number of carbonyl (C=O) groups excluding carboxylic acids is 1. The lowest BCUT2D eigenvalue weighted by Gasteiger charge is -2.07. The number of thiazole rings is 1. The van der Waals surface area contributed by atoms with Crippen molar-refractivity contribution in [3.05, 3.63) is 70.5 Å². The Balaban J connectivity index is 1.71. The Morgan fingerprint density at radius 1 is 1.22 bits per heavy atom. The number of halogens is 3. The van der Waals surface area contributed by atoms with Gasteiger partial charge in [-0.3, -0.25) is 9.78 Å². The molecule has 0 radical (unpaired) electrons. The van der Waals surface area contributed by atoms with E-state index in [9.17, 15) is 18.0 Å². The van der Waals surface area contributed by atoms with Gasteiger partial charge in [0.2, 0.25) is 5.78 Å². The summed E-state index contributed by atoms with van der Waals surface area (Å²) in [6.07, 6.45) is 0.0947. The second kappa shape index (κ2) is 7.75. The average Bonchev–Trinajstić information content (AvgIpc) is 3.14. The first-order valence-corrected chi connectivity index (χ1v) is 8.58. The van der Waals surface area contributed by atoms with E-state index in [4.69, 9.17) is 4.74 Å². The first-order chi connectivity index (χ1) is 12.9. The lowest BCUT2D eigenvalue weighted by molar-refractivity contribution is -0.137. The van der Waals surface area contributed by atoms with Crippen LogP contribution in [0.1, 0.15) is 26.4 Å². The molecule has 1 N–H and O–H groups in total. The Kier molecular flexibility index (Phi) is 5.41. The molecule has 2 aromatic heterocycles. The number of ketones is 1. The van der Waals surface area contributed by atoms with Gasteiger partial charge in [0.05, 0.1) is 29.9 Å². The van der Waals surface area contributed by atoms with E-state index >= 15 is 0 Å². The third kappa shape index (κ3) is 4.62. The van der Waals surface area contributed by atoms with Crippen LogP contribution in [0.5, 0.6) is 5.75 Å². The monoisotopic (exact) mass is 393 g/mol. The number of rotatable bonds is 6. The normalized spacial score (nSPS) is 11.3. The molecule has 3 aromatic rings. The zero-order valence-corrected chi connectivity index (χ0v) is 14.9. The van der Waals surface area contributed by atoms with Gasteiger partial charge in [-0.1, -0.05) is 23.5 Å². The van der Waals surface area contributed by atoms with Crippen molar-refractivity contribution in [2.24, 2.45) is 0 Å². The van der Waals surface area contributed by atoms with Crippen molar-refractivity contribution in [3.8, 4) is 5.75 Å². The summed E-state index contributed by atoms with van der Waals surface area (Å²) >= 11 is 1.07. The summed E-state index contributed by atoms with van der Waals surface area (Å²) in [5.41, 5.74) is -0.0333. The standard InChI is InChI=1S/C18H14F3N3O2S/c1-26-14-5-11(7-22-9-14)8-23-17-24-10-15(27-17)16(25)12-3-2-4-13(6-12)18(19,20)21/h2-7,9-10H,8H2,1H3,(H,23,24). The van der Waals surface area contributed by atoms with Crippen LogP contribution < -0.4 is 10.1 Å². The number of hydrogen-bond donors (Lipinski definition) is 1. The number of anilines is 1. The zero-order valence-electron chi connectivity index (χ0n) is 14.1. The predicted molar refractivity (Wildman–Crippen MR) is 95.1 cm³/mol. The van der Waals surface area contributed by atoms with Gasteiger partial charge in [0.25, 0.3) is 0 Å². The van der Waals surface area contributed by atoms with Gasteiger partial charge in [-0.15, -0.1) is 0 Å². The van der Waals surface area contributed by atoms with Crippen LogP contribution in [0.15, 0.2) is 48.9 Å². The summed E-state index contributed by atoms with van der Waals surface area (Å²) in [6, 6.07) is 6.15. The molecule has 3 rings (SSSR count). The van der Waals surface area contributed by atoms with Gasteiger partial charge in [-0.25, -0.2) is 4.98 Å². The summed E-state index contributed by atoms with van der Waals surface area (Å²) in [5, 5.41) is 3.53. The van der Waals surface area contributed by atoms with Gasteiger partial charge in [-0.05, 0) is 23.8 Å². The Morgan fingerprint density at radius 3 is 2.78 bits per heavy atom. The maximum atomic E-state index is 12.8. The highest BCUT2D eigenvalue weighted by Gasteiger charge is 2.31. The highest BCUT2D eigenvalue weighted by Crippen LogP contribution is 2.30. The van der Waals surface area contributed by atoms with Crippen LogP contribution in [-0.2, 0) is 12.7 Å². The number of methoxy groups -OCH3 is 1. The van der Waals surface area contributed by atoms with Crippen molar-refractivity contribution in [2.75, 3.05) is 12.4 Å². The number of nitrogens with zero attached hydrogens (tertiary/aromatic N) is 2. The summed E-state index contributed by atoms with van der Waals surface area (Å²) in [6.45, 7) is 0.412. The van der Waals surface area contributed by atoms with Gasteiger partial charge in [0.15, 0.2) is 5.13 Å². The average molecular weight is 393 g/mol. The number of aromatic nitrogens is 2. The van der Waals surface area contributed by atoms with E-state index < -0.39 is 17.5 Å². The molecule has 0 aliphatic heterocycles. The molecule has 0 unspecified atom stereocenters. The quantitative estimate of drug-likeness (QED) is 0.629. The third-order valence-corrected chi connectivity index (χ3v) is 4.58. The fraction of sp³-hybridized carbons (Fsp3) is 0.167. The number of hydrogen-bond acceptors (Lipinski definition) is 6. The van der Waals surface area contributed by atoms with E-state index in [-0.39, 0.29) is 10.4 Å². The van der Waals surface area contributed by atoms with Crippen LogP contribution in [0.2, 0.25) is 0 Å². The maximum Gasteiger partial charge on any atom is 0.416 e. The van der Waals surface area contributed by atoms with Crippen LogP contribution >= 0.6 is 11.3 Å². The van der Waals surface area contributed by atoms with Crippen LogP contribution in [-0.4, -0.2) is 22.9 Å². The first kappa shape index (κ1) is 18.8. The van der Waals surface area contributed by atoms with Crippen molar-refractivity contribution < 1.29 is 22.7 Å². The SMILES string of the molecule is COc1cncc(CNc2ncc(C(=O)c3cccc(C(F)(F)F)c3)s2)c1. The van der Waals surface area contributed by atoms with Crippen LogP contribution in [0.4, 0.5) is 18.3 Å². The minimum Gasteiger partial charge on any atom is -0.495 e. The summed E-state index contributed by atoms with van der Waals surface area (Å²) in [7, 11) is 1.54. The van der Waals surface area contributed by atoms with Crippen molar-refractivity contribution in [1.82, 2.24) is 9.97 Å². The van der Waals surface area contributed by atoms with Crippen molar-refractivity contribution in [3.63, 3.8) is 0 Å². The predicted octanol–water partition coefficient (Wildman–Crippen LogP) is 4.41. The second-order valence-corrected chi connectivity index (χ2v) is 6.55. The van der Waals surface area contributed by atoms with Gasteiger partial charge in [0, 0.05) is 18.3 Å². The fourth-order valence-electron chi connectivity index (χ4n) is 2.29. The Labute approximate surface area is 156 Å². The molecule has 2 heterocycles. The number of benzene rings is 1. The summed E-state index contributed by atoms with van der Waals surface area (Å²) < 4.78 is 43.5. The molecule has 27 heavy (non-hydrogen) atoms. The molecule has 0 saturated heterocycles. The van der Waals surface area contributed by atoms with E-state index in [1.165, 1.54) is 18.3 Å². The minimum atomic E-state index is -4.50. The number of nitrogens with one attached hydrogen (secondary N) is 1. The van der Waals surface area contributed by atoms with E-state index in [2.05, 4.69) is 15.3 Å². The number of alkyl halides is 3. The minimum absolute atomic E-state index is 0.0305. The molecule has 0 spiro atoms. The third-order valence-electron chi connectivity index (χ3n) is 3.63. The first-order valence-electron chi connectivity index (χ1n) is 7.76. The lowest BCUT2D eigenvalue weighted by atomic mass is 10.1. The van der Waals surface area contributed by atoms with Crippen molar-refractivity contribution >= 4 is 22.3 Å². The molecular weight excluding hydrogens is 379 g/mol. The summed E-state index contributed by atoms with van der Waals surface area (Å²) in [5.74, 6) is 0.114. The van der Waals surface area contributed by atoms with Gasteiger partial charge in [0.1, 0.15) is 5.75 Å². The molecular formula is C18H14F3N3O2S. The van der Waals surface area contributed by atoms with E-state index in [1.807, 2.05) is 6.07 Å². The summed E-state index contributed by atoms with van der Waals surface area (Å²) in [4.78, 5) is 20.8. The van der Waals surface area contributed by atoms with Gasteiger partial charge < -0.3 is 10.1 Å². The van der Waals surface area contributed by atoms with Gasteiger partial charge >= 0.3 is 6.18 Å². The molecule has 0 saturated carbocycles. The van der Waals surface area contributed by atoms with Crippen molar-refractivity contribution in [2.45, 2.75) is 12.7 Å². The van der Waals surface area contributed by atoms with Crippen LogP contribution in [0.3, 0.4) is 0 Å². The largest absolute Gasteiger partial charge is 0.495 e. The van der Waals surface area contributed by atoms with Crippen LogP contribution in [0, 0.1) is 0 Å². The molecule has 0 amide bonds. The Morgan fingerprint density at radius 2 is 2.04 bits per heavy atom. The topological polar surface area (TPSA) is 64.1 Å². The molecule has 0 aliphatic rings. The second-order valence-electron chi connectivity index (χ2n) is 5.52. The fourth-order valence-corrected chi connectivity index (χ4v) is 3.06. The molecule has 1 aromatic carbocycles. The molecule has 0 bridgehead atoms. The molecule has 0 fully saturated rings. The molecule has 5 nitrogen and oxygen atoms in total. The van der Waals surface area contributed by atoms with E-state index in [0.717, 1.165) is 29.0 Å². The maximum absolute atomic E-state index is 12.8. The molecule has 0 aliphatic carbocycles. The number of ether oxygens (including phenoxy) is 1. The number of pyridine rings is 1. The van der Waals surface area contributed by atoms with Crippen LogP contribution in [0.25, 0.3) is 0 Å². The highest BCUT2D eigenvalue weighted by atomic mass is 32.1. The Bertz CT molecular complexity index is 957. The van der Waals surface area contributed by atoms with Gasteiger partial charge in [-0.2, -0.15) is 13.2 Å². The zero-order chi connectivity index (χ0) is 19.4. The molecule has 9 heteroatoms. The smallest absolute Gasteiger partial charge is 0.416 e. The molecule has 0 atom stereocenters. The van der Waals surface area contributed by atoms with E-state index in [0.29, 0.717) is 17.4 Å². The molecule has 140 valence electrons. The highest BCUT2D eigenvalue weighted by molar-refractivity contribution is 7.17.